The molecule has 1 amide bonds. The van der Waals surface area contributed by atoms with Crippen molar-refractivity contribution in [2.24, 2.45) is 5.92 Å². The Hall–Kier alpha value is -1.35. The van der Waals surface area contributed by atoms with E-state index in [9.17, 15) is 4.79 Å². The SMILES string of the molecule is Cc1ccc(NC(=O)CC2CC3CCC(C2)N3)cc1C. The molecule has 2 atom stereocenters. The van der Waals surface area contributed by atoms with Gasteiger partial charge < -0.3 is 10.6 Å². The molecule has 2 aliphatic rings. The number of fused-ring (bicyclic) bond motifs is 2. The molecule has 20 heavy (non-hydrogen) atoms. The fourth-order valence-electron chi connectivity index (χ4n) is 3.64. The Morgan fingerprint density at radius 3 is 2.55 bits per heavy atom. The topological polar surface area (TPSA) is 41.1 Å². The number of anilines is 1. The van der Waals surface area contributed by atoms with Crippen molar-refractivity contribution >= 4 is 11.6 Å². The molecule has 3 heteroatoms. The van der Waals surface area contributed by atoms with E-state index < -0.39 is 0 Å². The summed E-state index contributed by atoms with van der Waals surface area (Å²) in [4.78, 5) is 12.2. The van der Waals surface area contributed by atoms with E-state index in [-0.39, 0.29) is 5.91 Å². The van der Waals surface area contributed by atoms with E-state index in [0.29, 0.717) is 24.4 Å². The second-order valence-corrected chi connectivity index (χ2v) is 6.53. The summed E-state index contributed by atoms with van der Waals surface area (Å²) in [5.41, 5.74) is 3.41. The lowest BCUT2D eigenvalue weighted by atomic mass is 9.89. The van der Waals surface area contributed by atoms with Gasteiger partial charge in [-0.15, -0.1) is 0 Å². The van der Waals surface area contributed by atoms with Crippen LogP contribution in [0.3, 0.4) is 0 Å². The maximum absolute atomic E-state index is 12.2. The third kappa shape index (κ3) is 3.04. The zero-order chi connectivity index (χ0) is 14.1. The highest BCUT2D eigenvalue weighted by molar-refractivity contribution is 5.91. The van der Waals surface area contributed by atoms with Crippen LogP contribution in [0.2, 0.25) is 0 Å². The molecule has 2 heterocycles. The zero-order valence-corrected chi connectivity index (χ0v) is 12.4. The number of carbonyl (C=O) groups excluding carboxylic acids is 1. The smallest absolute Gasteiger partial charge is 0.224 e. The summed E-state index contributed by atoms with van der Waals surface area (Å²) in [6.07, 6.45) is 5.58. The van der Waals surface area contributed by atoms with E-state index in [1.807, 2.05) is 6.07 Å². The quantitative estimate of drug-likeness (QED) is 0.887. The lowest BCUT2D eigenvalue weighted by molar-refractivity contribution is -0.117. The number of amides is 1. The van der Waals surface area contributed by atoms with Crippen molar-refractivity contribution < 1.29 is 4.79 Å². The van der Waals surface area contributed by atoms with Crippen LogP contribution in [-0.4, -0.2) is 18.0 Å². The number of carbonyl (C=O) groups is 1. The molecule has 0 saturated carbocycles. The van der Waals surface area contributed by atoms with Gasteiger partial charge in [0.05, 0.1) is 0 Å². The molecule has 2 N–H and O–H groups in total. The van der Waals surface area contributed by atoms with Gasteiger partial charge in [-0.25, -0.2) is 0 Å². The van der Waals surface area contributed by atoms with Gasteiger partial charge in [0.25, 0.3) is 0 Å². The van der Waals surface area contributed by atoms with Crippen molar-refractivity contribution in [1.82, 2.24) is 5.32 Å². The molecule has 2 aliphatic heterocycles. The van der Waals surface area contributed by atoms with Crippen molar-refractivity contribution in [3.05, 3.63) is 29.3 Å². The highest BCUT2D eigenvalue weighted by atomic mass is 16.1. The lowest BCUT2D eigenvalue weighted by Crippen LogP contribution is -2.39. The fourth-order valence-corrected chi connectivity index (χ4v) is 3.64. The Bertz CT molecular complexity index is 500. The third-order valence-electron chi connectivity index (χ3n) is 4.84. The molecular weight excluding hydrogens is 248 g/mol. The first-order valence-corrected chi connectivity index (χ1v) is 7.73. The first kappa shape index (κ1) is 13.6. The van der Waals surface area contributed by atoms with E-state index in [1.165, 1.54) is 24.0 Å². The Morgan fingerprint density at radius 1 is 1.20 bits per heavy atom. The highest BCUT2D eigenvalue weighted by Gasteiger charge is 2.34. The van der Waals surface area contributed by atoms with Crippen LogP contribution in [0.25, 0.3) is 0 Å². The largest absolute Gasteiger partial charge is 0.326 e. The average Bonchev–Trinajstić information content (AvgIpc) is 2.73. The Kier molecular flexibility index (Phi) is 3.79. The summed E-state index contributed by atoms with van der Waals surface area (Å²) in [7, 11) is 0. The number of piperidine rings is 1. The average molecular weight is 272 g/mol. The van der Waals surface area contributed by atoms with Gasteiger partial charge in [0.1, 0.15) is 0 Å². The molecule has 0 aliphatic carbocycles. The van der Waals surface area contributed by atoms with Crippen molar-refractivity contribution in [2.45, 2.75) is 58.0 Å². The van der Waals surface area contributed by atoms with Crippen molar-refractivity contribution in [2.75, 3.05) is 5.32 Å². The van der Waals surface area contributed by atoms with Gasteiger partial charge in [-0.1, -0.05) is 6.07 Å². The second-order valence-electron chi connectivity index (χ2n) is 6.53. The number of aryl methyl sites for hydroxylation is 2. The first-order chi connectivity index (χ1) is 9.60. The van der Waals surface area contributed by atoms with Crippen LogP contribution in [0.5, 0.6) is 0 Å². The van der Waals surface area contributed by atoms with Crippen LogP contribution >= 0.6 is 0 Å². The van der Waals surface area contributed by atoms with Gasteiger partial charge in [0.2, 0.25) is 5.91 Å². The molecule has 1 aromatic carbocycles. The monoisotopic (exact) mass is 272 g/mol. The lowest BCUT2D eigenvalue weighted by Gasteiger charge is -2.28. The van der Waals surface area contributed by atoms with Gasteiger partial charge in [-0.05, 0) is 68.7 Å². The third-order valence-corrected chi connectivity index (χ3v) is 4.84. The highest BCUT2D eigenvalue weighted by Crippen LogP contribution is 2.32. The standard InChI is InChI=1S/C17H24N2O/c1-11-3-4-14(7-12(11)2)19-17(20)10-13-8-15-5-6-16(9-13)18-15/h3-4,7,13,15-16,18H,5-6,8-10H2,1-2H3,(H,19,20). The zero-order valence-electron chi connectivity index (χ0n) is 12.4. The molecule has 2 bridgehead atoms. The maximum Gasteiger partial charge on any atom is 0.224 e. The first-order valence-electron chi connectivity index (χ1n) is 7.73. The van der Waals surface area contributed by atoms with Crippen LogP contribution in [0, 0.1) is 19.8 Å². The normalized spacial score (nSPS) is 28.4. The molecule has 2 saturated heterocycles. The molecule has 0 aromatic heterocycles. The minimum atomic E-state index is 0.166. The molecule has 0 spiro atoms. The molecule has 3 nitrogen and oxygen atoms in total. The maximum atomic E-state index is 12.2. The summed E-state index contributed by atoms with van der Waals surface area (Å²) in [6, 6.07) is 7.43. The molecule has 1 aromatic rings. The summed E-state index contributed by atoms with van der Waals surface area (Å²) in [5, 5.41) is 6.67. The minimum Gasteiger partial charge on any atom is -0.326 e. The van der Waals surface area contributed by atoms with Gasteiger partial charge in [0.15, 0.2) is 0 Å². The van der Waals surface area contributed by atoms with E-state index in [1.54, 1.807) is 0 Å². The second kappa shape index (κ2) is 5.57. The summed E-state index contributed by atoms with van der Waals surface area (Å²) in [5.74, 6) is 0.722. The molecule has 3 rings (SSSR count). The summed E-state index contributed by atoms with van der Waals surface area (Å²) < 4.78 is 0. The fraction of sp³-hybridized carbons (Fsp3) is 0.588. The van der Waals surface area contributed by atoms with Crippen LogP contribution in [0.1, 0.15) is 43.2 Å². The number of benzene rings is 1. The number of rotatable bonds is 3. The van der Waals surface area contributed by atoms with E-state index >= 15 is 0 Å². The van der Waals surface area contributed by atoms with E-state index in [4.69, 9.17) is 0 Å². The predicted octanol–water partition coefficient (Wildman–Crippen LogP) is 3.16. The van der Waals surface area contributed by atoms with Crippen LogP contribution < -0.4 is 10.6 Å². The number of hydrogen-bond acceptors (Lipinski definition) is 2. The minimum absolute atomic E-state index is 0.166. The van der Waals surface area contributed by atoms with Crippen molar-refractivity contribution in [1.29, 1.82) is 0 Å². The summed E-state index contributed by atoms with van der Waals surface area (Å²) >= 11 is 0. The Morgan fingerprint density at radius 2 is 1.90 bits per heavy atom. The molecule has 2 unspecified atom stereocenters. The van der Waals surface area contributed by atoms with Gasteiger partial charge in [0, 0.05) is 24.2 Å². The van der Waals surface area contributed by atoms with Gasteiger partial charge >= 0.3 is 0 Å². The van der Waals surface area contributed by atoms with Gasteiger partial charge in [-0.3, -0.25) is 4.79 Å². The van der Waals surface area contributed by atoms with Crippen LogP contribution in [-0.2, 0) is 4.79 Å². The van der Waals surface area contributed by atoms with Crippen LogP contribution in [0.15, 0.2) is 18.2 Å². The summed E-state index contributed by atoms with van der Waals surface area (Å²) in [6.45, 7) is 4.17. The Balaban J connectivity index is 1.55. The molecule has 108 valence electrons. The number of hydrogen-bond donors (Lipinski definition) is 2. The molecule has 2 fully saturated rings. The van der Waals surface area contributed by atoms with Crippen LogP contribution in [0.4, 0.5) is 5.69 Å². The molecular formula is C17H24N2O. The number of nitrogens with one attached hydrogen (secondary N) is 2. The Labute approximate surface area is 121 Å². The molecule has 0 radical (unpaired) electrons. The van der Waals surface area contributed by atoms with Crippen molar-refractivity contribution in [3.8, 4) is 0 Å². The van der Waals surface area contributed by atoms with E-state index in [2.05, 4.69) is 36.6 Å². The predicted molar refractivity (Wildman–Crippen MR) is 81.8 cm³/mol. The van der Waals surface area contributed by atoms with Crippen molar-refractivity contribution in [3.63, 3.8) is 0 Å². The van der Waals surface area contributed by atoms with Gasteiger partial charge in [-0.2, -0.15) is 0 Å². The van der Waals surface area contributed by atoms with E-state index in [0.717, 1.165) is 18.5 Å².